The monoisotopic (exact) mass is 297 g/mol. The van der Waals surface area contributed by atoms with Crippen molar-refractivity contribution in [2.75, 3.05) is 13.2 Å². The van der Waals surface area contributed by atoms with Crippen molar-refractivity contribution >= 4 is 6.09 Å². The van der Waals surface area contributed by atoms with Crippen molar-refractivity contribution < 1.29 is 23.8 Å². The highest BCUT2D eigenvalue weighted by molar-refractivity contribution is 5.68. The number of aliphatic hydroxyl groups is 1. The maximum Gasteiger partial charge on any atom is 0.412 e. The van der Waals surface area contributed by atoms with E-state index in [0.29, 0.717) is 18.7 Å². The third-order valence-corrected chi connectivity index (χ3v) is 3.04. The van der Waals surface area contributed by atoms with E-state index >= 15 is 0 Å². The summed E-state index contributed by atoms with van der Waals surface area (Å²) in [6.45, 7) is 5.98. The van der Waals surface area contributed by atoms with E-state index in [2.05, 4.69) is 0 Å². The van der Waals surface area contributed by atoms with Gasteiger partial charge in [0.05, 0.1) is 13.2 Å². The van der Waals surface area contributed by atoms with Gasteiger partial charge in [-0.2, -0.15) is 0 Å². The Labute approximate surface area is 123 Å². The van der Waals surface area contributed by atoms with Crippen molar-refractivity contribution in [2.24, 2.45) is 0 Å². The number of carbonyl (C=O) groups excluding carboxylic acids is 1. The first-order valence-corrected chi connectivity index (χ1v) is 6.83. The molecule has 1 saturated heterocycles. The summed E-state index contributed by atoms with van der Waals surface area (Å²) in [5.74, 6) is -0.387. The van der Waals surface area contributed by atoms with Gasteiger partial charge in [0.25, 0.3) is 0 Å². The van der Waals surface area contributed by atoms with E-state index in [9.17, 15) is 14.3 Å². The number of nitrogens with zero attached hydrogens (tertiary/aromatic N) is 1. The summed E-state index contributed by atoms with van der Waals surface area (Å²) in [6.07, 6.45) is -2.42. The van der Waals surface area contributed by atoms with Gasteiger partial charge in [-0.15, -0.1) is 0 Å². The zero-order chi connectivity index (χ0) is 15.6. The molecule has 116 valence electrons. The number of halogens is 1. The summed E-state index contributed by atoms with van der Waals surface area (Å²) in [4.78, 5) is 13.5. The second kappa shape index (κ2) is 5.99. The van der Waals surface area contributed by atoms with Gasteiger partial charge in [0, 0.05) is 0 Å². The first kappa shape index (κ1) is 15.7. The second-order valence-electron chi connectivity index (χ2n) is 5.93. The fourth-order valence-corrected chi connectivity index (χ4v) is 2.09. The molecule has 0 spiro atoms. The molecule has 2 rings (SSSR count). The highest BCUT2D eigenvalue weighted by atomic mass is 19.1. The van der Waals surface area contributed by atoms with E-state index in [1.54, 1.807) is 20.8 Å². The molecule has 0 bridgehead atoms. The number of aliphatic hydroxyl groups excluding tert-OH is 1. The van der Waals surface area contributed by atoms with Crippen LogP contribution in [0.3, 0.4) is 0 Å². The van der Waals surface area contributed by atoms with Gasteiger partial charge in [0.1, 0.15) is 17.5 Å². The summed E-state index contributed by atoms with van der Waals surface area (Å²) in [5, 5.41) is 10.3. The molecule has 2 unspecified atom stereocenters. The van der Waals surface area contributed by atoms with Crippen molar-refractivity contribution in [2.45, 2.75) is 38.7 Å². The van der Waals surface area contributed by atoms with E-state index in [4.69, 9.17) is 9.47 Å². The van der Waals surface area contributed by atoms with Crippen molar-refractivity contribution in [3.63, 3.8) is 0 Å². The van der Waals surface area contributed by atoms with Gasteiger partial charge in [-0.1, -0.05) is 12.1 Å². The fraction of sp³-hybridized carbons (Fsp3) is 0.533. The topological polar surface area (TPSA) is 59.0 Å². The van der Waals surface area contributed by atoms with Crippen LogP contribution < -0.4 is 0 Å². The Hall–Kier alpha value is -1.66. The molecular weight excluding hydrogens is 277 g/mol. The average molecular weight is 297 g/mol. The number of rotatable bonds is 2. The molecule has 1 aliphatic heterocycles. The molecule has 2 atom stereocenters. The summed E-state index contributed by atoms with van der Waals surface area (Å²) in [6, 6.07) is 5.44. The van der Waals surface area contributed by atoms with Crippen LogP contribution in [0.5, 0.6) is 0 Å². The smallest absolute Gasteiger partial charge is 0.412 e. The third kappa shape index (κ3) is 3.92. The van der Waals surface area contributed by atoms with Gasteiger partial charge in [0.2, 0.25) is 0 Å². The Balaban J connectivity index is 2.10. The van der Waals surface area contributed by atoms with Gasteiger partial charge in [-0.3, -0.25) is 4.90 Å². The Kier molecular flexibility index (Phi) is 4.49. The van der Waals surface area contributed by atoms with Crippen LogP contribution in [0.4, 0.5) is 9.18 Å². The van der Waals surface area contributed by atoms with Crippen molar-refractivity contribution in [1.29, 1.82) is 0 Å². The molecule has 21 heavy (non-hydrogen) atoms. The average Bonchev–Trinajstić information content (AvgIpc) is 2.86. The lowest BCUT2D eigenvalue weighted by Crippen LogP contribution is -2.42. The van der Waals surface area contributed by atoms with Crippen LogP contribution in [0.15, 0.2) is 24.3 Å². The normalized spacial score (nSPS) is 20.4. The molecule has 1 amide bonds. The quantitative estimate of drug-likeness (QED) is 0.911. The molecule has 5 nitrogen and oxygen atoms in total. The molecule has 1 aliphatic rings. The zero-order valence-electron chi connectivity index (χ0n) is 12.4. The Morgan fingerprint density at radius 3 is 2.62 bits per heavy atom. The maximum atomic E-state index is 12.9. The van der Waals surface area contributed by atoms with E-state index in [1.165, 1.54) is 29.2 Å². The van der Waals surface area contributed by atoms with E-state index in [-0.39, 0.29) is 5.82 Å². The van der Waals surface area contributed by atoms with Crippen molar-refractivity contribution in [3.05, 3.63) is 35.6 Å². The molecule has 0 radical (unpaired) electrons. The first-order valence-electron chi connectivity index (χ1n) is 6.83. The van der Waals surface area contributed by atoms with Crippen LogP contribution in [0.25, 0.3) is 0 Å². The molecule has 1 fully saturated rings. The van der Waals surface area contributed by atoms with Crippen LogP contribution >= 0.6 is 0 Å². The maximum absolute atomic E-state index is 12.9. The van der Waals surface area contributed by atoms with E-state index in [0.717, 1.165) is 0 Å². The van der Waals surface area contributed by atoms with Gasteiger partial charge in [-0.25, -0.2) is 9.18 Å². The molecule has 1 heterocycles. The first-order chi connectivity index (χ1) is 9.78. The molecule has 0 saturated carbocycles. The van der Waals surface area contributed by atoms with Gasteiger partial charge < -0.3 is 14.6 Å². The molecule has 6 heteroatoms. The number of ether oxygens (including phenoxy) is 2. The van der Waals surface area contributed by atoms with E-state index in [1.807, 2.05) is 0 Å². The summed E-state index contributed by atoms with van der Waals surface area (Å²) < 4.78 is 23.6. The van der Waals surface area contributed by atoms with Crippen LogP contribution in [-0.4, -0.2) is 41.1 Å². The molecule has 1 aromatic carbocycles. The van der Waals surface area contributed by atoms with Crippen LogP contribution in [0, 0.1) is 5.82 Å². The number of hydrogen-bond donors (Lipinski definition) is 1. The highest BCUT2D eigenvalue weighted by Crippen LogP contribution is 2.27. The molecule has 0 aliphatic carbocycles. The number of amides is 1. The van der Waals surface area contributed by atoms with Gasteiger partial charge >= 0.3 is 6.09 Å². The molecular formula is C15H20FNO4. The van der Waals surface area contributed by atoms with Crippen molar-refractivity contribution in [1.82, 2.24) is 4.90 Å². The lowest BCUT2D eigenvalue weighted by molar-refractivity contribution is -0.0691. The largest absolute Gasteiger partial charge is 0.444 e. The minimum absolute atomic E-state index is 0.322. The molecule has 1 N–H and O–H groups in total. The predicted molar refractivity (Wildman–Crippen MR) is 74.0 cm³/mol. The third-order valence-electron chi connectivity index (χ3n) is 3.04. The van der Waals surface area contributed by atoms with E-state index < -0.39 is 24.0 Å². The fourth-order valence-electron chi connectivity index (χ4n) is 2.09. The van der Waals surface area contributed by atoms with Crippen LogP contribution in [0.2, 0.25) is 0 Å². The lowest BCUT2D eigenvalue weighted by atomic mass is 10.1. The summed E-state index contributed by atoms with van der Waals surface area (Å²) in [5.41, 5.74) is -0.137. The van der Waals surface area contributed by atoms with Crippen molar-refractivity contribution in [3.8, 4) is 0 Å². The highest BCUT2D eigenvalue weighted by Gasteiger charge is 2.38. The molecule has 1 aromatic rings. The minimum Gasteiger partial charge on any atom is -0.444 e. The number of benzene rings is 1. The van der Waals surface area contributed by atoms with Gasteiger partial charge in [0.15, 0.2) is 6.23 Å². The Bertz CT molecular complexity index is 497. The van der Waals surface area contributed by atoms with Crippen LogP contribution in [0.1, 0.15) is 32.4 Å². The Morgan fingerprint density at radius 1 is 1.43 bits per heavy atom. The second-order valence-corrected chi connectivity index (χ2v) is 5.93. The zero-order valence-corrected chi connectivity index (χ0v) is 12.4. The lowest BCUT2D eigenvalue weighted by Gasteiger charge is -2.29. The summed E-state index contributed by atoms with van der Waals surface area (Å²) in [7, 11) is 0. The molecule has 0 aromatic heterocycles. The predicted octanol–water partition coefficient (Wildman–Crippen LogP) is 2.45. The number of carbonyl (C=O) groups is 1. The Morgan fingerprint density at radius 2 is 2.05 bits per heavy atom. The number of hydrogen-bond acceptors (Lipinski definition) is 4. The minimum atomic E-state index is -1.05. The van der Waals surface area contributed by atoms with Crippen LogP contribution in [-0.2, 0) is 9.47 Å². The SMILES string of the molecule is CC(C)(C)OC(=O)N1CCOC1C(O)c1ccc(F)cc1. The standard InChI is InChI=1S/C15H20FNO4/c1-15(2,3)21-14(19)17-8-9-20-13(17)12(18)10-4-6-11(16)7-5-10/h4-7,12-13,18H,8-9H2,1-3H3. The summed E-state index contributed by atoms with van der Waals surface area (Å²) >= 11 is 0. The van der Waals surface area contributed by atoms with Gasteiger partial charge in [-0.05, 0) is 38.5 Å².